The third-order valence-corrected chi connectivity index (χ3v) is 0.994. The second-order valence-corrected chi connectivity index (χ2v) is 1.64. The number of rotatable bonds is 1. The molecule has 61 valence electrons. The molecule has 1 aromatic carbocycles. The van der Waals surface area contributed by atoms with Gasteiger partial charge in [0.1, 0.15) is 0 Å². The third-order valence-electron chi connectivity index (χ3n) is 0.994. The zero-order valence-corrected chi connectivity index (χ0v) is 6.15. The Hall–Kier alpha value is -1.06. The van der Waals surface area contributed by atoms with Gasteiger partial charge in [-0.25, -0.2) is 0 Å². The molecule has 11 heavy (non-hydrogen) atoms. The van der Waals surface area contributed by atoms with Crippen LogP contribution in [0.1, 0.15) is 0 Å². The summed E-state index contributed by atoms with van der Waals surface area (Å²) in [6.45, 7) is 0. The van der Waals surface area contributed by atoms with Gasteiger partial charge in [0.2, 0.25) is 0 Å². The van der Waals surface area contributed by atoms with Crippen LogP contribution >= 0.6 is 0 Å². The van der Waals surface area contributed by atoms with Crippen LogP contribution in [0.15, 0.2) is 18.2 Å². The molecule has 0 spiro atoms. The van der Waals surface area contributed by atoms with Crippen molar-refractivity contribution in [1.82, 2.24) is 0 Å². The number of nitro benzene ring substituents is 1. The summed E-state index contributed by atoms with van der Waals surface area (Å²) >= 11 is 0. The minimum absolute atomic E-state index is 0. The maximum Gasteiger partial charge on any atom is 2.00 e. The van der Waals surface area contributed by atoms with Gasteiger partial charge in [0.25, 0.3) is 0 Å². The van der Waals surface area contributed by atoms with Crippen LogP contribution in [0.25, 0.3) is 0 Å². The largest absolute Gasteiger partial charge is 2.00 e. The number of para-hydroxylation sites is 1. The fraction of sp³-hybridized carbons (Fsp3) is 0. The first-order valence-electron chi connectivity index (χ1n) is 2.54. The van der Waals surface area contributed by atoms with Gasteiger partial charge >= 0.3 is 17.1 Å². The molecule has 0 saturated carbocycles. The van der Waals surface area contributed by atoms with Gasteiger partial charge in [-0.2, -0.15) is 23.9 Å². The van der Waals surface area contributed by atoms with Crippen molar-refractivity contribution in [1.29, 1.82) is 0 Å². The van der Waals surface area contributed by atoms with Crippen LogP contribution in [0.3, 0.4) is 0 Å². The molecule has 0 aliphatic rings. The van der Waals surface area contributed by atoms with Crippen molar-refractivity contribution in [2.45, 2.75) is 0 Å². The maximum atomic E-state index is 10.6. The number of nitro groups is 1. The van der Waals surface area contributed by atoms with Gasteiger partial charge in [-0.1, -0.05) is 6.07 Å². The van der Waals surface area contributed by atoms with Crippen molar-refractivity contribution < 1.29 is 27.1 Å². The molecule has 0 amide bonds. The van der Waals surface area contributed by atoms with Crippen molar-refractivity contribution in [3.63, 3.8) is 0 Å². The fourth-order valence-electron chi connectivity index (χ4n) is 0.556. The molecule has 0 unspecified atom stereocenters. The Labute approximate surface area is 73.5 Å². The third kappa shape index (κ3) is 2.22. The van der Waals surface area contributed by atoms with Crippen LogP contribution < -0.4 is 5.11 Å². The van der Waals surface area contributed by atoms with Gasteiger partial charge in [0.15, 0.2) is 5.69 Å². The van der Waals surface area contributed by atoms with E-state index in [4.69, 9.17) is 0 Å². The van der Waals surface area contributed by atoms with Gasteiger partial charge < -0.3 is 5.11 Å². The van der Waals surface area contributed by atoms with E-state index in [1.54, 1.807) is 0 Å². The quantitative estimate of drug-likeness (QED) is 0.286. The monoisotopic (exact) mass is 200 g/mol. The van der Waals surface area contributed by atoms with Crippen LogP contribution in [0, 0.1) is 16.2 Å². The molecule has 0 N–H and O–H groups in total. The van der Waals surface area contributed by atoms with E-state index in [9.17, 15) is 15.2 Å². The molecule has 1 radical (unpaired) electrons. The van der Waals surface area contributed by atoms with E-state index in [0.717, 1.165) is 6.07 Å². The van der Waals surface area contributed by atoms with E-state index in [1.165, 1.54) is 12.1 Å². The summed E-state index contributed by atoms with van der Waals surface area (Å²) in [6, 6.07) is 6.08. The first-order chi connectivity index (χ1) is 4.72. The number of hydrogen-bond donors (Lipinski definition) is 0. The molecule has 0 bridgehead atoms. The number of hydrogen-bond acceptors (Lipinski definition) is 3. The Kier molecular flexibility index (Phi) is 3.57. The topological polar surface area (TPSA) is 66.2 Å². The Bertz CT molecular complexity index is 264. The predicted octanol–water partition coefficient (Wildman–Crippen LogP) is 0.466. The number of nitrogens with zero attached hydrogens (tertiary/aromatic N) is 1. The summed E-state index contributed by atoms with van der Waals surface area (Å²) in [4.78, 5) is 9.28. The minimum atomic E-state index is -0.723. The minimum Gasteiger partial charge on any atom is -0.887 e. The average molecular weight is 201 g/mol. The van der Waals surface area contributed by atoms with Crippen molar-refractivity contribution in [3.8, 4) is 5.75 Å². The van der Waals surface area contributed by atoms with E-state index in [0.29, 0.717) is 0 Å². The molecule has 0 fully saturated rings. The second kappa shape index (κ2) is 3.95. The first-order valence-corrected chi connectivity index (χ1v) is 2.54. The molecule has 1 aromatic rings. The van der Waals surface area contributed by atoms with Crippen molar-refractivity contribution in [2.24, 2.45) is 0 Å². The summed E-state index contributed by atoms with van der Waals surface area (Å²) in [5.74, 6) is -0.674. The summed E-state index contributed by atoms with van der Waals surface area (Å²) in [5.41, 5.74) is -0.428. The van der Waals surface area contributed by atoms with Crippen LogP contribution in [-0.2, 0) is 17.1 Å². The van der Waals surface area contributed by atoms with E-state index in [2.05, 4.69) is 6.07 Å². The zero-order chi connectivity index (χ0) is 7.56. The summed E-state index contributed by atoms with van der Waals surface area (Å²) in [5, 5.41) is 20.6. The van der Waals surface area contributed by atoms with Gasteiger partial charge in [-0.15, -0.1) is 0 Å². The van der Waals surface area contributed by atoms with Crippen LogP contribution in [0.4, 0.5) is 5.69 Å². The van der Waals surface area contributed by atoms with Crippen LogP contribution in [0.2, 0.25) is 0 Å². The summed E-state index contributed by atoms with van der Waals surface area (Å²) < 4.78 is 0. The van der Waals surface area contributed by atoms with Crippen LogP contribution in [0.5, 0.6) is 5.75 Å². The van der Waals surface area contributed by atoms with Gasteiger partial charge in [0.05, 0.1) is 0 Å². The molecule has 0 atom stereocenters. The Morgan fingerprint density at radius 2 is 2.18 bits per heavy atom. The van der Waals surface area contributed by atoms with Gasteiger partial charge in [0, 0.05) is 4.92 Å². The van der Waals surface area contributed by atoms with Crippen molar-refractivity contribution in [2.75, 3.05) is 0 Å². The summed E-state index contributed by atoms with van der Waals surface area (Å²) in [7, 11) is 0. The standard InChI is InChI=1S/C6H4NO3.Cu/c8-6-4-2-1-3-5(6)7(9)10;/h1-3,8H;/q-1;+2/p-1. The maximum absolute atomic E-state index is 10.6. The molecule has 0 saturated heterocycles. The molecule has 5 heteroatoms. The number of benzene rings is 1. The van der Waals surface area contributed by atoms with Crippen LogP contribution in [-0.4, -0.2) is 4.92 Å². The van der Waals surface area contributed by atoms with E-state index >= 15 is 0 Å². The Morgan fingerprint density at radius 3 is 2.55 bits per heavy atom. The van der Waals surface area contributed by atoms with Gasteiger partial charge in [-0.3, -0.25) is 10.1 Å². The smallest absolute Gasteiger partial charge is 0.887 e. The summed E-state index contributed by atoms with van der Waals surface area (Å²) in [6.07, 6.45) is 0. The SMILES string of the molecule is O=[N+]([O-])c1ccc[c-]c1[O-].[Cu+2]. The van der Waals surface area contributed by atoms with E-state index in [1.807, 2.05) is 0 Å². The van der Waals surface area contributed by atoms with Gasteiger partial charge in [-0.05, 0) is 0 Å². The molecule has 0 aliphatic heterocycles. The van der Waals surface area contributed by atoms with E-state index < -0.39 is 16.4 Å². The van der Waals surface area contributed by atoms with Crippen molar-refractivity contribution in [3.05, 3.63) is 34.4 Å². The molecule has 0 heterocycles. The van der Waals surface area contributed by atoms with Crippen molar-refractivity contribution >= 4 is 5.69 Å². The molecule has 1 rings (SSSR count). The zero-order valence-electron chi connectivity index (χ0n) is 5.21. The Balaban J connectivity index is 0.000001000. The molecular weight excluding hydrogens is 198 g/mol. The Morgan fingerprint density at radius 1 is 1.55 bits per heavy atom. The fourth-order valence-corrected chi connectivity index (χ4v) is 0.556. The molecule has 0 aliphatic carbocycles. The molecular formula is C6H3CuNO3. The molecule has 0 aromatic heterocycles. The predicted molar refractivity (Wildman–Crippen MR) is 31.4 cm³/mol. The molecule has 4 nitrogen and oxygen atoms in total. The normalized spacial score (nSPS) is 8.36. The second-order valence-electron chi connectivity index (χ2n) is 1.64. The average Bonchev–Trinajstić information content (AvgIpc) is 1.88. The first kappa shape index (κ1) is 9.94. The van der Waals surface area contributed by atoms with E-state index in [-0.39, 0.29) is 17.1 Å².